The highest BCUT2D eigenvalue weighted by Gasteiger charge is 2.20. The molecule has 0 spiro atoms. The molecule has 0 aliphatic carbocycles. The van der Waals surface area contributed by atoms with Crippen molar-refractivity contribution in [3.63, 3.8) is 0 Å². The van der Waals surface area contributed by atoms with Gasteiger partial charge in [-0.15, -0.1) is 0 Å². The van der Waals surface area contributed by atoms with Crippen molar-refractivity contribution in [2.45, 2.75) is 12.8 Å². The Morgan fingerprint density at radius 3 is 2.54 bits per heavy atom. The number of aryl methyl sites for hydroxylation is 2. The van der Waals surface area contributed by atoms with Crippen molar-refractivity contribution >= 4 is 22.4 Å². The standard InChI is InChI=1S/C29H26N8O2/c38-29-31-19-32-37(29)24-11-6-21(7-12-24)26-17-30-27(35-13-15-39-16-14-35)28-34-23(18-36(26)28)10-9-22-8-5-20-3-1-2-4-25(20)33-22/h1-8,11-12,17-19H,9-10,13-16H2,(H,31,32,38). The number of nitrogens with zero attached hydrogens (tertiary/aromatic N) is 7. The van der Waals surface area contributed by atoms with Crippen molar-refractivity contribution in [3.8, 4) is 16.9 Å². The third-order valence-electron chi connectivity index (χ3n) is 7.09. The molecule has 6 aromatic rings. The molecule has 1 aliphatic rings. The smallest absolute Gasteiger partial charge is 0.347 e. The molecule has 39 heavy (non-hydrogen) atoms. The first-order chi connectivity index (χ1) is 19.2. The van der Waals surface area contributed by atoms with Crippen molar-refractivity contribution in [1.29, 1.82) is 0 Å². The normalized spacial score (nSPS) is 13.9. The molecule has 0 unspecified atom stereocenters. The summed E-state index contributed by atoms with van der Waals surface area (Å²) in [5.74, 6) is 0.858. The molecule has 1 fully saturated rings. The molecule has 0 radical (unpaired) electrons. The maximum Gasteiger partial charge on any atom is 0.347 e. The zero-order valence-electron chi connectivity index (χ0n) is 21.2. The van der Waals surface area contributed by atoms with Crippen LogP contribution in [0.15, 0.2) is 84.2 Å². The van der Waals surface area contributed by atoms with Gasteiger partial charge >= 0.3 is 5.69 Å². The van der Waals surface area contributed by atoms with Gasteiger partial charge in [0.1, 0.15) is 6.33 Å². The van der Waals surface area contributed by atoms with Crippen LogP contribution in [0.4, 0.5) is 5.82 Å². The fourth-order valence-electron chi connectivity index (χ4n) is 5.06. The van der Waals surface area contributed by atoms with Crippen LogP contribution in [0, 0.1) is 0 Å². The number of anilines is 1. The number of hydrogen-bond donors (Lipinski definition) is 1. The molecule has 0 bridgehead atoms. The summed E-state index contributed by atoms with van der Waals surface area (Å²) in [5.41, 5.74) is 6.15. The number of rotatable bonds is 6. The second-order valence-electron chi connectivity index (χ2n) is 9.54. The van der Waals surface area contributed by atoms with Crippen molar-refractivity contribution < 1.29 is 4.74 Å². The number of aromatic nitrogens is 7. The highest BCUT2D eigenvalue weighted by Crippen LogP contribution is 2.28. The summed E-state index contributed by atoms with van der Waals surface area (Å²) < 4.78 is 9.02. The topological polar surface area (TPSA) is 106 Å². The maximum absolute atomic E-state index is 12.0. The number of morpholine rings is 1. The van der Waals surface area contributed by atoms with Gasteiger partial charge in [0.2, 0.25) is 0 Å². The average molecular weight is 519 g/mol. The number of para-hydroxylation sites is 1. The molecular formula is C29H26N8O2. The van der Waals surface area contributed by atoms with Gasteiger partial charge in [-0.25, -0.2) is 14.8 Å². The Morgan fingerprint density at radius 1 is 0.897 bits per heavy atom. The number of hydrogen-bond acceptors (Lipinski definition) is 7. The van der Waals surface area contributed by atoms with E-state index in [0.29, 0.717) is 18.9 Å². The quantitative estimate of drug-likeness (QED) is 0.360. The highest BCUT2D eigenvalue weighted by atomic mass is 16.5. The van der Waals surface area contributed by atoms with Crippen LogP contribution in [0.5, 0.6) is 0 Å². The lowest BCUT2D eigenvalue weighted by Crippen LogP contribution is -2.37. The average Bonchev–Trinajstić information content (AvgIpc) is 3.62. The van der Waals surface area contributed by atoms with Crippen LogP contribution in [0.1, 0.15) is 11.4 Å². The van der Waals surface area contributed by atoms with Crippen LogP contribution in [-0.4, -0.2) is 60.4 Å². The van der Waals surface area contributed by atoms with Gasteiger partial charge in [-0.3, -0.25) is 14.4 Å². The summed E-state index contributed by atoms with van der Waals surface area (Å²) in [4.78, 5) is 31.5. The molecule has 7 rings (SSSR count). The van der Waals surface area contributed by atoms with Gasteiger partial charge in [0, 0.05) is 35.9 Å². The molecule has 5 heterocycles. The molecule has 1 saturated heterocycles. The lowest BCUT2D eigenvalue weighted by molar-refractivity contribution is 0.122. The van der Waals surface area contributed by atoms with Crippen molar-refractivity contribution in [2.24, 2.45) is 0 Å². The molecule has 4 aromatic heterocycles. The van der Waals surface area contributed by atoms with Crippen LogP contribution < -0.4 is 10.6 Å². The summed E-state index contributed by atoms with van der Waals surface area (Å²) in [6.07, 6.45) is 6.93. The van der Waals surface area contributed by atoms with Gasteiger partial charge in [-0.2, -0.15) is 9.78 Å². The van der Waals surface area contributed by atoms with Crippen LogP contribution in [-0.2, 0) is 17.6 Å². The lowest BCUT2D eigenvalue weighted by atomic mass is 10.1. The predicted molar refractivity (Wildman–Crippen MR) is 148 cm³/mol. The summed E-state index contributed by atoms with van der Waals surface area (Å²) in [6, 6.07) is 20.1. The number of nitrogens with one attached hydrogen (secondary N) is 1. The van der Waals surface area contributed by atoms with Crippen LogP contribution >= 0.6 is 0 Å². The number of benzene rings is 2. The SMILES string of the molecule is O=c1[nH]cnn1-c1ccc(-c2cnc(N3CCOCC3)c3nc(CCc4ccc5ccccc5n4)cn23)cc1. The number of ether oxygens (including phenoxy) is 1. The third kappa shape index (κ3) is 4.44. The van der Waals surface area contributed by atoms with Gasteiger partial charge in [-0.05, 0) is 37.1 Å². The van der Waals surface area contributed by atoms with Crippen LogP contribution in [0.25, 0.3) is 33.5 Å². The zero-order chi connectivity index (χ0) is 26.2. The third-order valence-corrected chi connectivity index (χ3v) is 7.09. The number of H-pyrrole nitrogens is 1. The van der Waals surface area contributed by atoms with Gasteiger partial charge < -0.3 is 9.64 Å². The molecular weight excluding hydrogens is 492 g/mol. The first kappa shape index (κ1) is 23.3. The Kier molecular flexibility index (Phi) is 5.86. The number of fused-ring (bicyclic) bond motifs is 2. The van der Waals surface area contributed by atoms with Gasteiger partial charge in [0.15, 0.2) is 11.5 Å². The van der Waals surface area contributed by atoms with Crippen molar-refractivity contribution in [2.75, 3.05) is 31.2 Å². The van der Waals surface area contributed by atoms with Gasteiger partial charge in [0.05, 0.1) is 42.0 Å². The predicted octanol–water partition coefficient (Wildman–Crippen LogP) is 3.44. The second kappa shape index (κ2) is 9.80. The highest BCUT2D eigenvalue weighted by molar-refractivity contribution is 5.78. The van der Waals surface area contributed by atoms with Gasteiger partial charge in [-0.1, -0.05) is 36.4 Å². The molecule has 194 valence electrons. The maximum atomic E-state index is 12.0. The lowest BCUT2D eigenvalue weighted by Gasteiger charge is -2.28. The fraction of sp³-hybridized carbons (Fsp3) is 0.207. The molecule has 10 nitrogen and oxygen atoms in total. The minimum atomic E-state index is -0.276. The Hall–Kier alpha value is -4.83. The van der Waals surface area contributed by atoms with E-state index in [-0.39, 0.29) is 5.69 Å². The Balaban J connectivity index is 1.24. The van der Waals surface area contributed by atoms with E-state index in [4.69, 9.17) is 19.7 Å². The molecule has 1 N–H and O–H groups in total. The van der Waals surface area contributed by atoms with E-state index < -0.39 is 0 Å². The largest absolute Gasteiger partial charge is 0.378 e. The van der Waals surface area contributed by atoms with E-state index in [1.807, 2.05) is 48.7 Å². The van der Waals surface area contributed by atoms with E-state index in [0.717, 1.165) is 70.9 Å². The molecule has 2 aromatic carbocycles. The second-order valence-corrected chi connectivity index (χ2v) is 9.54. The molecule has 1 aliphatic heterocycles. The van der Waals surface area contributed by atoms with Gasteiger partial charge in [0.25, 0.3) is 0 Å². The summed E-state index contributed by atoms with van der Waals surface area (Å²) in [5, 5.41) is 5.21. The first-order valence-electron chi connectivity index (χ1n) is 13.0. The monoisotopic (exact) mass is 518 g/mol. The number of pyridine rings is 1. The summed E-state index contributed by atoms with van der Waals surface area (Å²) in [6.45, 7) is 2.90. The summed E-state index contributed by atoms with van der Waals surface area (Å²) >= 11 is 0. The first-order valence-corrected chi connectivity index (χ1v) is 13.0. The zero-order valence-corrected chi connectivity index (χ0v) is 21.2. The fourth-order valence-corrected chi connectivity index (χ4v) is 5.06. The number of imidazole rings is 1. The molecule has 0 atom stereocenters. The molecule has 0 amide bonds. The Bertz CT molecular complexity index is 1830. The van der Waals surface area contributed by atoms with E-state index >= 15 is 0 Å². The Labute approximate surface area is 223 Å². The minimum Gasteiger partial charge on any atom is -0.378 e. The van der Waals surface area contributed by atoms with Crippen molar-refractivity contribution in [3.05, 3.63) is 101 Å². The summed E-state index contributed by atoms with van der Waals surface area (Å²) in [7, 11) is 0. The van der Waals surface area contributed by atoms with E-state index in [2.05, 4.69) is 43.8 Å². The molecule has 0 saturated carbocycles. The van der Waals surface area contributed by atoms with Crippen LogP contribution in [0.2, 0.25) is 0 Å². The van der Waals surface area contributed by atoms with E-state index in [9.17, 15) is 4.79 Å². The van der Waals surface area contributed by atoms with E-state index in [1.54, 1.807) is 0 Å². The Morgan fingerprint density at radius 2 is 1.72 bits per heavy atom. The van der Waals surface area contributed by atoms with Crippen LogP contribution in [0.3, 0.4) is 0 Å². The number of aromatic amines is 1. The van der Waals surface area contributed by atoms with Crippen molar-refractivity contribution in [1.82, 2.24) is 34.1 Å². The van der Waals surface area contributed by atoms with E-state index in [1.165, 1.54) is 11.0 Å². The molecule has 10 heteroatoms. The minimum absolute atomic E-state index is 0.276.